The first-order valence-corrected chi connectivity index (χ1v) is 11.6. The smallest absolute Gasteiger partial charge is 0.342 e. The number of imide groups is 1. The van der Waals surface area contributed by atoms with E-state index in [0.29, 0.717) is 43.3 Å². The number of urea groups is 1. The number of carbonyl (C=O) groups is 3. The summed E-state index contributed by atoms with van der Waals surface area (Å²) in [5, 5.41) is 0.523. The monoisotopic (exact) mass is 437 g/mol. The highest BCUT2D eigenvalue weighted by atomic mass is 32.2. The second-order valence-corrected chi connectivity index (χ2v) is 10.00. The number of likely N-dealkylation sites (tertiary alicyclic amines) is 1. The van der Waals surface area contributed by atoms with Crippen LogP contribution >= 0.6 is 11.8 Å². The van der Waals surface area contributed by atoms with E-state index >= 15 is 0 Å². The normalized spacial score (nSPS) is 21.5. The molecule has 0 spiro atoms. The summed E-state index contributed by atoms with van der Waals surface area (Å²) in [5.74, 6) is -0.599. The van der Waals surface area contributed by atoms with Gasteiger partial charge in [0, 0.05) is 29.3 Å². The summed E-state index contributed by atoms with van der Waals surface area (Å²) in [6.45, 7) is 5.40. The molecule has 2 aliphatic heterocycles. The molecule has 0 N–H and O–H groups in total. The molecule has 3 aliphatic rings. The van der Waals surface area contributed by atoms with E-state index in [1.54, 1.807) is 30.0 Å². The highest BCUT2D eigenvalue weighted by molar-refractivity contribution is 7.99. The average molecular weight is 438 g/mol. The van der Waals surface area contributed by atoms with E-state index in [4.69, 9.17) is 0 Å². The number of allylic oxidation sites excluding steroid dienone is 3. The molecule has 1 atom stereocenters. The van der Waals surface area contributed by atoms with Gasteiger partial charge >= 0.3 is 6.03 Å². The van der Waals surface area contributed by atoms with Crippen molar-refractivity contribution in [1.82, 2.24) is 9.80 Å². The summed E-state index contributed by atoms with van der Waals surface area (Å²) >= 11 is 1.80. The highest BCUT2D eigenvalue weighted by Crippen LogP contribution is 2.27. The van der Waals surface area contributed by atoms with Gasteiger partial charge in [-0.3, -0.25) is 14.5 Å². The van der Waals surface area contributed by atoms with Crippen molar-refractivity contribution in [2.75, 3.05) is 13.1 Å². The maximum absolute atomic E-state index is 12.9. The van der Waals surface area contributed by atoms with Crippen molar-refractivity contribution in [3.8, 4) is 0 Å². The molecule has 4 rings (SSSR count). The van der Waals surface area contributed by atoms with Crippen LogP contribution < -0.4 is 0 Å². The number of amides is 4. The topological polar surface area (TPSA) is 70.1 Å². The summed E-state index contributed by atoms with van der Waals surface area (Å²) in [6, 6.07) is 7.47. The lowest BCUT2D eigenvalue weighted by Gasteiger charge is -2.39. The number of hydrogen-bond donors (Lipinski definition) is 0. The summed E-state index contributed by atoms with van der Waals surface area (Å²) in [5.41, 5.74) is 1.51. The Bertz CT molecular complexity index is 957. The zero-order valence-corrected chi connectivity index (χ0v) is 18.7. The molecular weight excluding hydrogens is 410 g/mol. The van der Waals surface area contributed by atoms with Crippen LogP contribution in [0.3, 0.4) is 0 Å². The van der Waals surface area contributed by atoms with Crippen LogP contribution in [0.4, 0.5) is 4.79 Å². The summed E-state index contributed by atoms with van der Waals surface area (Å²) in [7, 11) is 0. The molecule has 0 saturated carbocycles. The first-order chi connectivity index (χ1) is 14.9. The number of nitrogens with zero attached hydrogens (tertiary/aromatic N) is 3. The molecule has 1 aliphatic carbocycles. The van der Waals surface area contributed by atoms with Crippen LogP contribution in [0.1, 0.15) is 32.3 Å². The Labute approximate surface area is 187 Å². The van der Waals surface area contributed by atoms with Gasteiger partial charge in [-0.05, 0) is 36.6 Å². The lowest BCUT2D eigenvalue weighted by Crippen LogP contribution is -2.54. The van der Waals surface area contributed by atoms with Gasteiger partial charge in [0.1, 0.15) is 0 Å². The molecule has 0 radical (unpaired) electrons. The van der Waals surface area contributed by atoms with Crippen molar-refractivity contribution in [2.45, 2.75) is 49.3 Å². The minimum absolute atomic E-state index is 0.0830. The van der Waals surface area contributed by atoms with Gasteiger partial charge < -0.3 is 4.90 Å². The number of aliphatic imine (C=N–C) groups is 1. The van der Waals surface area contributed by atoms with Crippen LogP contribution in [-0.4, -0.2) is 57.7 Å². The van der Waals surface area contributed by atoms with Gasteiger partial charge in [0.15, 0.2) is 0 Å². The third-order valence-electron chi connectivity index (χ3n) is 5.77. The van der Waals surface area contributed by atoms with Crippen LogP contribution in [0.25, 0.3) is 0 Å². The third-order valence-corrected chi connectivity index (χ3v) is 6.78. The SMILES string of the molecule is CC(C)Sc1ccc(CC(=O)N2CCC(N3C(=O)N=C4C=CC=CC4C3=O)CC2)cc1. The molecule has 162 valence electrons. The first-order valence-electron chi connectivity index (χ1n) is 10.8. The van der Waals surface area contributed by atoms with Crippen LogP contribution in [0.2, 0.25) is 0 Å². The highest BCUT2D eigenvalue weighted by Gasteiger charge is 2.40. The molecule has 2 heterocycles. The molecule has 4 amide bonds. The molecule has 6 nitrogen and oxygen atoms in total. The molecule has 0 bridgehead atoms. The van der Waals surface area contributed by atoms with Crippen LogP contribution in [0, 0.1) is 5.92 Å². The third kappa shape index (κ3) is 4.82. The van der Waals surface area contributed by atoms with Gasteiger partial charge in [-0.2, -0.15) is 4.99 Å². The van der Waals surface area contributed by atoms with Gasteiger partial charge in [0.05, 0.1) is 18.1 Å². The Morgan fingerprint density at radius 2 is 1.84 bits per heavy atom. The number of piperidine rings is 1. The molecule has 1 saturated heterocycles. The molecule has 1 unspecified atom stereocenters. The standard InChI is InChI=1S/C24H27N3O3S/c1-16(2)31-19-9-7-17(8-10-19)15-22(28)26-13-11-18(12-14-26)27-23(29)20-5-3-4-6-21(20)25-24(27)30/h3-10,16,18,20H,11-15H2,1-2H3. The van der Waals surface area contributed by atoms with E-state index in [1.807, 2.05) is 23.1 Å². The molecule has 1 aromatic rings. The Morgan fingerprint density at radius 3 is 2.52 bits per heavy atom. The minimum atomic E-state index is -0.486. The second-order valence-electron chi connectivity index (χ2n) is 8.35. The molecule has 1 aromatic carbocycles. The zero-order chi connectivity index (χ0) is 22.0. The summed E-state index contributed by atoms with van der Waals surface area (Å²) in [4.78, 5) is 46.6. The molecule has 31 heavy (non-hydrogen) atoms. The van der Waals surface area contributed by atoms with Gasteiger partial charge in [-0.1, -0.05) is 44.2 Å². The number of fused-ring (bicyclic) bond motifs is 1. The lowest BCUT2D eigenvalue weighted by molar-refractivity contribution is -0.134. The predicted octanol–water partition coefficient (Wildman–Crippen LogP) is 3.87. The van der Waals surface area contributed by atoms with E-state index in [0.717, 1.165) is 5.56 Å². The van der Waals surface area contributed by atoms with Gasteiger partial charge in [-0.25, -0.2) is 4.79 Å². The Kier molecular flexibility index (Phi) is 6.41. The maximum atomic E-state index is 12.9. The zero-order valence-electron chi connectivity index (χ0n) is 17.9. The fourth-order valence-electron chi connectivity index (χ4n) is 4.21. The number of benzene rings is 1. The van der Waals surface area contributed by atoms with E-state index in [9.17, 15) is 14.4 Å². The van der Waals surface area contributed by atoms with Crippen LogP contribution in [-0.2, 0) is 16.0 Å². The summed E-state index contributed by atoms with van der Waals surface area (Å²) in [6.07, 6.45) is 8.63. The Balaban J connectivity index is 1.33. The van der Waals surface area contributed by atoms with Crippen molar-refractivity contribution >= 4 is 35.3 Å². The fraction of sp³-hybridized carbons (Fsp3) is 0.417. The van der Waals surface area contributed by atoms with Gasteiger partial charge in [0.2, 0.25) is 11.8 Å². The minimum Gasteiger partial charge on any atom is -0.342 e. The van der Waals surface area contributed by atoms with Crippen LogP contribution in [0.15, 0.2) is 58.5 Å². The molecule has 1 fully saturated rings. The van der Waals surface area contributed by atoms with Crippen molar-refractivity contribution in [1.29, 1.82) is 0 Å². The fourth-order valence-corrected chi connectivity index (χ4v) is 5.05. The van der Waals surface area contributed by atoms with Crippen molar-refractivity contribution in [2.24, 2.45) is 10.9 Å². The Morgan fingerprint density at radius 1 is 1.13 bits per heavy atom. The largest absolute Gasteiger partial charge is 0.350 e. The van der Waals surface area contributed by atoms with Crippen molar-refractivity contribution in [3.63, 3.8) is 0 Å². The van der Waals surface area contributed by atoms with Crippen LogP contribution in [0.5, 0.6) is 0 Å². The number of hydrogen-bond acceptors (Lipinski definition) is 4. The van der Waals surface area contributed by atoms with E-state index in [1.165, 1.54) is 9.80 Å². The Hall–Kier alpha value is -2.67. The number of thioether (sulfide) groups is 1. The number of rotatable bonds is 5. The molecule has 0 aromatic heterocycles. The van der Waals surface area contributed by atoms with E-state index in [2.05, 4.69) is 31.0 Å². The van der Waals surface area contributed by atoms with Gasteiger partial charge in [0.25, 0.3) is 0 Å². The van der Waals surface area contributed by atoms with Crippen molar-refractivity contribution < 1.29 is 14.4 Å². The molecule has 7 heteroatoms. The molecular formula is C24H27N3O3S. The quantitative estimate of drug-likeness (QED) is 0.656. The van der Waals surface area contributed by atoms with E-state index in [-0.39, 0.29) is 17.9 Å². The predicted molar refractivity (Wildman–Crippen MR) is 122 cm³/mol. The number of carbonyl (C=O) groups excluding carboxylic acids is 3. The lowest BCUT2D eigenvalue weighted by atomic mass is 9.93. The first kappa shape index (κ1) is 21.6. The average Bonchev–Trinajstić information content (AvgIpc) is 2.75. The van der Waals surface area contributed by atoms with Gasteiger partial charge in [-0.15, -0.1) is 11.8 Å². The van der Waals surface area contributed by atoms with E-state index < -0.39 is 11.9 Å². The van der Waals surface area contributed by atoms with Crippen molar-refractivity contribution in [3.05, 3.63) is 54.1 Å². The summed E-state index contributed by atoms with van der Waals surface area (Å²) < 4.78 is 0. The maximum Gasteiger partial charge on any atom is 0.350 e. The second kappa shape index (κ2) is 9.22.